The highest BCUT2D eigenvalue weighted by atomic mass is 16.5. The van der Waals surface area contributed by atoms with Gasteiger partial charge in [0, 0.05) is 12.2 Å². The molecular formula is C18H20N4O3. The zero-order chi connectivity index (χ0) is 18.2. The highest BCUT2D eigenvalue weighted by Gasteiger charge is 2.16. The highest BCUT2D eigenvalue weighted by Crippen LogP contribution is 2.17. The first-order chi connectivity index (χ1) is 12.0. The Hall–Kier alpha value is -3.22. The van der Waals surface area contributed by atoms with E-state index >= 15 is 0 Å². The average molecular weight is 340 g/mol. The molecule has 1 aromatic carbocycles. The van der Waals surface area contributed by atoms with E-state index in [9.17, 15) is 9.59 Å². The van der Waals surface area contributed by atoms with Crippen LogP contribution in [0.15, 0.2) is 43.0 Å². The van der Waals surface area contributed by atoms with Gasteiger partial charge in [0.25, 0.3) is 5.91 Å². The minimum absolute atomic E-state index is 0.192. The summed E-state index contributed by atoms with van der Waals surface area (Å²) in [6.45, 7) is 7.84. The molecule has 2 N–H and O–H groups in total. The number of nitrogens with one attached hydrogen (secondary N) is 2. The lowest BCUT2D eigenvalue weighted by atomic mass is 10.1. The van der Waals surface area contributed by atoms with Crippen molar-refractivity contribution in [3.05, 3.63) is 59.9 Å². The molecule has 1 amide bonds. The summed E-state index contributed by atoms with van der Waals surface area (Å²) in [7, 11) is 0. The second-order valence-corrected chi connectivity index (χ2v) is 5.11. The van der Waals surface area contributed by atoms with E-state index in [-0.39, 0.29) is 17.9 Å². The smallest absolute Gasteiger partial charge is 0.340 e. The molecule has 0 aliphatic carbocycles. The van der Waals surface area contributed by atoms with Crippen LogP contribution in [0, 0.1) is 6.92 Å². The Balaban J connectivity index is 2.24. The summed E-state index contributed by atoms with van der Waals surface area (Å²) in [6.07, 6.45) is 1.67. The van der Waals surface area contributed by atoms with E-state index in [4.69, 9.17) is 4.74 Å². The molecule has 2 rings (SSSR count). The minimum atomic E-state index is -0.495. The number of carbonyl (C=O) groups excluding carboxylic acids is 2. The Labute approximate surface area is 146 Å². The van der Waals surface area contributed by atoms with Crippen LogP contribution in [0.3, 0.4) is 0 Å². The van der Waals surface area contributed by atoms with Crippen LogP contribution in [0.2, 0.25) is 0 Å². The van der Waals surface area contributed by atoms with Crippen molar-refractivity contribution in [3.63, 3.8) is 0 Å². The van der Waals surface area contributed by atoms with Gasteiger partial charge in [-0.3, -0.25) is 4.79 Å². The second-order valence-electron chi connectivity index (χ2n) is 5.11. The van der Waals surface area contributed by atoms with Gasteiger partial charge in [-0.05, 0) is 32.0 Å². The molecule has 0 spiro atoms. The first-order valence-corrected chi connectivity index (χ1v) is 7.83. The van der Waals surface area contributed by atoms with Gasteiger partial charge in [-0.2, -0.15) is 0 Å². The summed E-state index contributed by atoms with van der Waals surface area (Å²) < 4.78 is 5.00. The second kappa shape index (κ2) is 8.58. The van der Waals surface area contributed by atoms with Crippen LogP contribution < -0.4 is 10.6 Å². The fourth-order valence-electron chi connectivity index (χ4n) is 2.09. The van der Waals surface area contributed by atoms with E-state index in [1.165, 1.54) is 0 Å². The van der Waals surface area contributed by atoms with Gasteiger partial charge >= 0.3 is 5.97 Å². The van der Waals surface area contributed by atoms with Crippen LogP contribution in [0.4, 0.5) is 11.6 Å². The molecule has 0 aliphatic rings. The predicted octanol–water partition coefficient (Wildman–Crippen LogP) is 2.81. The lowest BCUT2D eigenvalue weighted by molar-refractivity contribution is 0.0527. The van der Waals surface area contributed by atoms with Crippen molar-refractivity contribution in [3.8, 4) is 0 Å². The normalized spacial score (nSPS) is 10.0. The molecule has 0 saturated carbocycles. The molecule has 0 atom stereocenters. The fourth-order valence-corrected chi connectivity index (χ4v) is 2.09. The summed E-state index contributed by atoms with van der Waals surface area (Å²) in [6, 6.07) is 8.22. The zero-order valence-electron chi connectivity index (χ0n) is 14.2. The molecule has 130 valence electrons. The topological polar surface area (TPSA) is 93.2 Å². The monoisotopic (exact) mass is 340 g/mol. The predicted molar refractivity (Wildman–Crippen MR) is 95.8 cm³/mol. The molecule has 0 aliphatic heterocycles. The fraction of sp³-hybridized carbons (Fsp3) is 0.222. The Bertz CT molecular complexity index is 790. The third kappa shape index (κ3) is 4.87. The summed E-state index contributed by atoms with van der Waals surface area (Å²) in [5.41, 5.74) is 1.49. The first kappa shape index (κ1) is 18.1. The van der Waals surface area contributed by atoms with E-state index in [1.54, 1.807) is 50.3 Å². The lowest BCUT2D eigenvalue weighted by Crippen LogP contribution is -2.18. The standard InChI is InChI=1S/C18H20N4O3/c1-4-10-19-18-20-12(3)11-15(22-18)16(23)21-14-9-7-6-8-13(14)17(24)25-5-2/h4,6-9,11H,1,5,10H2,2-3H3,(H,21,23)(H,19,20,22). The SMILES string of the molecule is C=CCNc1nc(C)cc(C(=O)Nc2ccccc2C(=O)OCC)n1. The van der Waals surface area contributed by atoms with Crippen LogP contribution in [0.1, 0.15) is 33.5 Å². The molecule has 1 aromatic heterocycles. The lowest BCUT2D eigenvalue weighted by Gasteiger charge is -2.11. The van der Waals surface area contributed by atoms with Crippen molar-refractivity contribution in [1.29, 1.82) is 0 Å². The van der Waals surface area contributed by atoms with Gasteiger partial charge in [0.15, 0.2) is 0 Å². The third-order valence-corrected chi connectivity index (χ3v) is 3.16. The van der Waals surface area contributed by atoms with E-state index in [0.717, 1.165) is 0 Å². The molecule has 0 saturated heterocycles. The maximum absolute atomic E-state index is 12.5. The average Bonchev–Trinajstić information content (AvgIpc) is 2.60. The molecule has 0 unspecified atom stereocenters. The van der Waals surface area contributed by atoms with Crippen molar-refractivity contribution >= 4 is 23.5 Å². The maximum atomic E-state index is 12.5. The van der Waals surface area contributed by atoms with Gasteiger partial charge < -0.3 is 15.4 Å². The van der Waals surface area contributed by atoms with Crippen molar-refractivity contribution < 1.29 is 14.3 Å². The van der Waals surface area contributed by atoms with Gasteiger partial charge in [-0.15, -0.1) is 6.58 Å². The Morgan fingerprint density at radius 3 is 2.76 bits per heavy atom. The Morgan fingerprint density at radius 2 is 2.04 bits per heavy atom. The van der Waals surface area contributed by atoms with Crippen molar-refractivity contribution in [2.24, 2.45) is 0 Å². The molecule has 0 radical (unpaired) electrons. The van der Waals surface area contributed by atoms with Crippen LogP contribution in [0.5, 0.6) is 0 Å². The number of aryl methyl sites for hydroxylation is 1. The number of esters is 1. The van der Waals surface area contributed by atoms with Crippen LogP contribution in [-0.2, 0) is 4.74 Å². The minimum Gasteiger partial charge on any atom is -0.462 e. The first-order valence-electron chi connectivity index (χ1n) is 7.83. The number of benzene rings is 1. The number of hydrogen-bond acceptors (Lipinski definition) is 6. The van der Waals surface area contributed by atoms with E-state index < -0.39 is 11.9 Å². The molecular weight excluding hydrogens is 320 g/mol. The summed E-state index contributed by atoms with van der Waals surface area (Å²) in [4.78, 5) is 32.9. The molecule has 0 fully saturated rings. The Kier molecular flexibility index (Phi) is 6.22. The number of hydrogen-bond donors (Lipinski definition) is 2. The summed E-state index contributed by atoms with van der Waals surface area (Å²) >= 11 is 0. The molecule has 7 nitrogen and oxygen atoms in total. The van der Waals surface area contributed by atoms with Crippen LogP contribution in [0.25, 0.3) is 0 Å². The number of anilines is 2. The Morgan fingerprint density at radius 1 is 1.28 bits per heavy atom. The third-order valence-electron chi connectivity index (χ3n) is 3.16. The van der Waals surface area contributed by atoms with E-state index in [0.29, 0.717) is 23.9 Å². The number of nitrogens with zero attached hydrogens (tertiary/aromatic N) is 2. The zero-order valence-corrected chi connectivity index (χ0v) is 14.2. The maximum Gasteiger partial charge on any atom is 0.340 e. The van der Waals surface area contributed by atoms with Gasteiger partial charge in [-0.1, -0.05) is 18.2 Å². The molecule has 25 heavy (non-hydrogen) atoms. The van der Waals surface area contributed by atoms with Crippen molar-refractivity contribution in [1.82, 2.24) is 9.97 Å². The number of aromatic nitrogens is 2. The van der Waals surface area contributed by atoms with Crippen molar-refractivity contribution in [2.75, 3.05) is 23.8 Å². The molecule has 1 heterocycles. The number of para-hydroxylation sites is 1. The highest BCUT2D eigenvalue weighted by molar-refractivity contribution is 6.07. The van der Waals surface area contributed by atoms with Crippen LogP contribution in [-0.4, -0.2) is 35.0 Å². The molecule has 0 bridgehead atoms. The largest absolute Gasteiger partial charge is 0.462 e. The summed E-state index contributed by atoms with van der Waals surface area (Å²) in [5.74, 6) is -0.599. The van der Waals surface area contributed by atoms with E-state index in [2.05, 4.69) is 27.2 Å². The number of carbonyl (C=O) groups is 2. The van der Waals surface area contributed by atoms with Gasteiger partial charge in [0.05, 0.1) is 17.9 Å². The number of amides is 1. The number of ether oxygens (including phenoxy) is 1. The van der Waals surface area contributed by atoms with E-state index in [1.807, 2.05) is 0 Å². The quantitative estimate of drug-likeness (QED) is 0.595. The van der Waals surface area contributed by atoms with Gasteiger partial charge in [0.1, 0.15) is 5.69 Å². The molecule has 2 aromatic rings. The van der Waals surface area contributed by atoms with Crippen molar-refractivity contribution in [2.45, 2.75) is 13.8 Å². The molecule has 7 heteroatoms. The van der Waals surface area contributed by atoms with Crippen LogP contribution >= 0.6 is 0 Å². The van der Waals surface area contributed by atoms with Gasteiger partial charge in [-0.25, -0.2) is 14.8 Å². The van der Waals surface area contributed by atoms with Gasteiger partial charge in [0.2, 0.25) is 5.95 Å². The number of rotatable bonds is 7. The summed E-state index contributed by atoms with van der Waals surface area (Å²) in [5, 5.41) is 5.64.